The maximum Gasteiger partial charge on any atom is 0.0568 e. The van der Waals surface area contributed by atoms with Gasteiger partial charge in [-0.1, -0.05) is 6.07 Å². The lowest BCUT2D eigenvalue weighted by atomic mass is 10.1. The smallest absolute Gasteiger partial charge is 0.0568 e. The second kappa shape index (κ2) is 5.02. The number of pyridine rings is 1. The fraction of sp³-hybridized carbons (Fsp3) is 0.188. The molecule has 0 saturated heterocycles. The van der Waals surface area contributed by atoms with Crippen LogP contribution in [0, 0.1) is 13.8 Å². The lowest BCUT2D eigenvalue weighted by Crippen LogP contribution is -2.01. The monoisotopic (exact) mass is 268 g/mol. The van der Waals surface area contributed by atoms with E-state index in [2.05, 4.69) is 53.0 Å². The largest absolute Gasteiger partial charge is 0.344 e. The molecule has 0 N–H and O–H groups in total. The van der Waals surface area contributed by atoms with Crippen molar-refractivity contribution in [3.63, 3.8) is 0 Å². The molecule has 0 spiro atoms. The van der Waals surface area contributed by atoms with Crippen molar-refractivity contribution < 1.29 is 0 Å². The van der Waals surface area contributed by atoms with E-state index in [1.807, 2.05) is 29.8 Å². The van der Waals surface area contributed by atoms with Crippen molar-refractivity contribution in [2.24, 2.45) is 0 Å². The molecule has 3 aromatic heterocycles. The Balaban J connectivity index is 1.87. The third kappa shape index (κ3) is 2.47. The van der Waals surface area contributed by atoms with E-state index in [1.54, 1.807) is 0 Å². The molecule has 0 aliphatic rings. The van der Waals surface area contributed by atoms with Crippen molar-refractivity contribution >= 4 is 11.3 Å². The number of aromatic nitrogens is 2. The predicted octanol–water partition coefficient (Wildman–Crippen LogP) is 4.28. The molecule has 3 rings (SSSR count). The van der Waals surface area contributed by atoms with Gasteiger partial charge >= 0.3 is 0 Å². The summed E-state index contributed by atoms with van der Waals surface area (Å²) in [5.74, 6) is 0. The van der Waals surface area contributed by atoms with Crippen molar-refractivity contribution in [1.82, 2.24) is 9.55 Å². The molecule has 0 atom stereocenters. The summed E-state index contributed by atoms with van der Waals surface area (Å²) in [5, 5.41) is 2.21. The van der Waals surface area contributed by atoms with E-state index in [4.69, 9.17) is 0 Å². The van der Waals surface area contributed by atoms with Gasteiger partial charge in [-0.05, 0) is 49.1 Å². The van der Waals surface area contributed by atoms with Crippen LogP contribution in [0.25, 0.3) is 11.1 Å². The predicted molar refractivity (Wildman–Crippen MR) is 80.6 cm³/mol. The maximum absolute atomic E-state index is 4.17. The third-order valence-electron chi connectivity index (χ3n) is 3.38. The summed E-state index contributed by atoms with van der Waals surface area (Å²) in [5.41, 5.74) is 5.07. The van der Waals surface area contributed by atoms with Crippen LogP contribution < -0.4 is 0 Å². The minimum absolute atomic E-state index is 0.954. The molecule has 0 aliphatic heterocycles. The molecule has 3 aromatic rings. The number of hydrogen-bond acceptors (Lipinski definition) is 2. The van der Waals surface area contributed by atoms with Crippen LogP contribution in [0.2, 0.25) is 0 Å². The Kier molecular flexibility index (Phi) is 3.22. The molecule has 0 aromatic carbocycles. The van der Waals surface area contributed by atoms with Gasteiger partial charge in [-0.3, -0.25) is 4.98 Å². The number of rotatable bonds is 3. The molecule has 3 heterocycles. The maximum atomic E-state index is 4.17. The van der Waals surface area contributed by atoms with E-state index in [-0.39, 0.29) is 0 Å². The Morgan fingerprint density at radius 2 is 1.89 bits per heavy atom. The van der Waals surface area contributed by atoms with Gasteiger partial charge in [0.25, 0.3) is 0 Å². The first-order valence-electron chi connectivity index (χ1n) is 6.34. The lowest BCUT2D eigenvalue weighted by Gasteiger charge is -2.07. The van der Waals surface area contributed by atoms with Crippen molar-refractivity contribution in [2.75, 3.05) is 0 Å². The first-order valence-corrected chi connectivity index (χ1v) is 7.22. The zero-order valence-electron chi connectivity index (χ0n) is 11.1. The number of aryl methyl sites for hydroxylation is 2. The fourth-order valence-electron chi connectivity index (χ4n) is 2.25. The topological polar surface area (TPSA) is 17.8 Å². The summed E-state index contributed by atoms with van der Waals surface area (Å²) in [6.07, 6.45) is 3.72. The van der Waals surface area contributed by atoms with Crippen LogP contribution in [-0.4, -0.2) is 9.55 Å². The molecule has 0 radical (unpaired) electrons. The highest BCUT2D eigenvalue weighted by Gasteiger charge is 2.06. The first kappa shape index (κ1) is 12.2. The Morgan fingerprint density at radius 1 is 1.11 bits per heavy atom. The van der Waals surface area contributed by atoms with Crippen molar-refractivity contribution in [3.05, 3.63) is 64.4 Å². The Morgan fingerprint density at radius 3 is 2.58 bits per heavy atom. The number of thiophene rings is 1. The van der Waals surface area contributed by atoms with Gasteiger partial charge in [-0.2, -0.15) is 0 Å². The van der Waals surface area contributed by atoms with E-state index >= 15 is 0 Å². The normalized spacial score (nSPS) is 10.8. The fourth-order valence-corrected chi connectivity index (χ4v) is 3.13. The third-order valence-corrected chi connectivity index (χ3v) is 4.30. The van der Waals surface area contributed by atoms with Gasteiger partial charge < -0.3 is 4.57 Å². The summed E-state index contributed by atoms with van der Waals surface area (Å²) < 4.78 is 2.35. The molecular weight excluding hydrogens is 252 g/mol. The molecule has 19 heavy (non-hydrogen) atoms. The molecule has 0 aliphatic carbocycles. The summed E-state index contributed by atoms with van der Waals surface area (Å²) in [7, 11) is 0. The molecule has 0 fully saturated rings. The van der Waals surface area contributed by atoms with Crippen LogP contribution in [0.5, 0.6) is 0 Å². The highest BCUT2D eigenvalue weighted by atomic mass is 32.1. The quantitative estimate of drug-likeness (QED) is 0.693. The molecule has 2 nitrogen and oxygen atoms in total. The Labute approximate surface area is 117 Å². The summed E-state index contributed by atoms with van der Waals surface area (Å²) in [6, 6.07) is 10.7. The van der Waals surface area contributed by atoms with Gasteiger partial charge in [0.15, 0.2) is 0 Å². The van der Waals surface area contributed by atoms with Gasteiger partial charge in [-0.25, -0.2) is 0 Å². The van der Waals surface area contributed by atoms with E-state index in [0.717, 1.165) is 6.54 Å². The van der Waals surface area contributed by atoms with Crippen LogP contribution in [-0.2, 0) is 6.54 Å². The second-order valence-electron chi connectivity index (χ2n) is 4.75. The minimum Gasteiger partial charge on any atom is -0.344 e. The van der Waals surface area contributed by atoms with Crippen LogP contribution in [0.15, 0.2) is 48.1 Å². The SMILES string of the molecule is Cc1ccc(C)n1Cc1cc(-c2cccnc2)cs1. The highest BCUT2D eigenvalue weighted by Crippen LogP contribution is 2.26. The molecule has 3 heteroatoms. The number of hydrogen-bond donors (Lipinski definition) is 0. The zero-order valence-corrected chi connectivity index (χ0v) is 11.9. The molecule has 96 valence electrons. The lowest BCUT2D eigenvalue weighted by molar-refractivity contribution is 0.759. The highest BCUT2D eigenvalue weighted by molar-refractivity contribution is 7.10. The average Bonchev–Trinajstić information content (AvgIpc) is 3.02. The van der Waals surface area contributed by atoms with E-state index in [9.17, 15) is 0 Å². The van der Waals surface area contributed by atoms with Gasteiger partial charge in [0.2, 0.25) is 0 Å². The van der Waals surface area contributed by atoms with Crippen LogP contribution in [0.1, 0.15) is 16.3 Å². The summed E-state index contributed by atoms with van der Waals surface area (Å²) in [6.45, 7) is 5.26. The van der Waals surface area contributed by atoms with Crippen LogP contribution in [0.4, 0.5) is 0 Å². The first-order chi connectivity index (χ1) is 9.24. The standard InChI is InChI=1S/C16H16N2S/c1-12-5-6-13(2)18(12)10-16-8-15(11-19-16)14-4-3-7-17-9-14/h3-9,11H,10H2,1-2H3. The van der Waals surface area contributed by atoms with E-state index in [1.165, 1.54) is 27.4 Å². The average molecular weight is 268 g/mol. The Bertz CT molecular complexity index is 660. The van der Waals surface area contributed by atoms with Crippen LogP contribution in [0.3, 0.4) is 0 Å². The van der Waals surface area contributed by atoms with Gasteiger partial charge in [0.1, 0.15) is 0 Å². The Hall–Kier alpha value is -1.87. The summed E-state index contributed by atoms with van der Waals surface area (Å²) in [4.78, 5) is 5.55. The molecule has 0 unspecified atom stereocenters. The minimum atomic E-state index is 0.954. The second-order valence-corrected chi connectivity index (χ2v) is 5.74. The van der Waals surface area contributed by atoms with Crippen molar-refractivity contribution in [1.29, 1.82) is 0 Å². The van der Waals surface area contributed by atoms with Gasteiger partial charge in [0, 0.05) is 34.2 Å². The molecule has 0 bridgehead atoms. The van der Waals surface area contributed by atoms with Crippen molar-refractivity contribution in [3.8, 4) is 11.1 Å². The van der Waals surface area contributed by atoms with Gasteiger partial charge in [0.05, 0.1) is 6.54 Å². The zero-order chi connectivity index (χ0) is 13.2. The van der Waals surface area contributed by atoms with E-state index < -0.39 is 0 Å². The van der Waals surface area contributed by atoms with Gasteiger partial charge in [-0.15, -0.1) is 11.3 Å². The molecule has 0 amide bonds. The molecular formula is C16H16N2S. The van der Waals surface area contributed by atoms with Crippen LogP contribution >= 0.6 is 11.3 Å². The van der Waals surface area contributed by atoms with Crippen molar-refractivity contribution in [2.45, 2.75) is 20.4 Å². The summed E-state index contributed by atoms with van der Waals surface area (Å²) >= 11 is 1.81. The number of nitrogens with zero attached hydrogens (tertiary/aromatic N) is 2. The molecule has 0 saturated carbocycles. The van der Waals surface area contributed by atoms with E-state index in [0.29, 0.717) is 0 Å².